The van der Waals surface area contributed by atoms with E-state index in [-0.39, 0.29) is 0 Å². The summed E-state index contributed by atoms with van der Waals surface area (Å²) < 4.78 is 1.86. The molecule has 21 heavy (non-hydrogen) atoms. The summed E-state index contributed by atoms with van der Waals surface area (Å²) in [6.45, 7) is 0. The lowest BCUT2D eigenvalue weighted by molar-refractivity contribution is 0.888. The molecule has 102 valence electrons. The van der Waals surface area contributed by atoms with Crippen LogP contribution in [0.25, 0.3) is 16.9 Å². The number of rotatable bonds is 3. The van der Waals surface area contributed by atoms with Gasteiger partial charge in [-0.25, -0.2) is 4.68 Å². The van der Waals surface area contributed by atoms with Gasteiger partial charge in [0.1, 0.15) is 0 Å². The minimum atomic E-state index is 0.324. The number of para-hydroxylation sites is 1. The van der Waals surface area contributed by atoms with Gasteiger partial charge in [0.2, 0.25) is 0 Å². The molecular weight excluding hydrogens is 282 g/mol. The maximum absolute atomic E-state index is 9.01. The van der Waals surface area contributed by atoms with Crippen LogP contribution in [0.3, 0.4) is 0 Å². The number of hydrogen-bond acceptors (Lipinski definition) is 2. The molecule has 0 amide bonds. The van der Waals surface area contributed by atoms with E-state index in [9.17, 15) is 0 Å². The Morgan fingerprint density at radius 2 is 1.76 bits per heavy atom. The zero-order chi connectivity index (χ0) is 14.7. The van der Waals surface area contributed by atoms with Crippen molar-refractivity contribution in [3.63, 3.8) is 0 Å². The Balaban J connectivity index is 2.18. The van der Waals surface area contributed by atoms with Gasteiger partial charge in [-0.3, -0.25) is 0 Å². The van der Waals surface area contributed by atoms with Crippen LogP contribution in [0.1, 0.15) is 5.56 Å². The molecule has 4 heteroatoms. The van der Waals surface area contributed by atoms with Gasteiger partial charge in [-0.05, 0) is 24.3 Å². The van der Waals surface area contributed by atoms with Crippen molar-refractivity contribution in [2.75, 3.05) is 0 Å². The Kier molecular flexibility index (Phi) is 3.72. The molecule has 0 spiro atoms. The molecule has 0 bridgehead atoms. The molecule has 1 heterocycles. The second kappa shape index (κ2) is 5.82. The van der Waals surface area contributed by atoms with Crippen molar-refractivity contribution in [1.29, 1.82) is 5.26 Å². The molecule has 2 aromatic carbocycles. The normalized spacial score (nSPS) is 10.3. The predicted octanol–water partition coefficient (Wildman–Crippen LogP) is 4.26. The Morgan fingerprint density at radius 1 is 1.05 bits per heavy atom. The van der Waals surface area contributed by atoms with Gasteiger partial charge in [0.25, 0.3) is 0 Å². The van der Waals surface area contributed by atoms with E-state index < -0.39 is 0 Å². The van der Waals surface area contributed by atoms with E-state index in [2.05, 4.69) is 11.2 Å². The quantitative estimate of drug-likeness (QED) is 0.724. The molecule has 0 fully saturated rings. The minimum Gasteiger partial charge on any atom is -0.233 e. The van der Waals surface area contributed by atoms with Crippen LogP contribution in [0.5, 0.6) is 0 Å². The summed E-state index contributed by atoms with van der Waals surface area (Å²) in [6, 6.07) is 19.6. The highest BCUT2D eigenvalue weighted by Crippen LogP contribution is 2.28. The summed E-state index contributed by atoms with van der Waals surface area (Å²) in [5.74, 6) is 0. The van der Waals surface area contributed by atoms with Crippen LogP contribution >= 0.6 is 11.6 Å². The van der Waals surface area contributed by atoms with Crippen LogP contribution in [-0.2, 0) is 6.42 Å². The zero-order valence-electron chi connectivity index (χ0n) is 11.2. The van der Waals surface area contributed by atoms with Crippen LogP contribution in [0, 0.1) is 11.3 Å². The zero-order valence-corrected chi connectivity index (χ0v) is 12.0. The highest BCUT2D eigenvalue weighted by atomic mass is 35.5. The molecule has 3 rings (SSSR count). The molecule has 3 nitrogen and oxygen atoms in total. The van der Waals surface area contributed by atoms with Gasteiger partial charge in [0.05, 0.1) is 30.1 Å². The molecule has 1 aromatic heterocycles. The topological polar surface area (TPSA) is 41.6 Å². The van der Waals surface area contributed by atoms with Gasteiger partial charge >= 0.3 is 0 Å². The lowest BCUT2D eigenvalue weighted by atomic mass is 10.1. The molecule has 0 atom stereocenters. The molecule has 0 N–H and O–H groups in total. The second-order valence-electron chi connectivity index (χ2n) is 4.61. The van der Waals surface area contributed by atoms with Crippen LogP contribution < -0.4 is 0 Å². The van der Waals surface area contributed by atoms with Crippen LogP contribution in [0.15, 0.2) is 60.8 Å². The first-order valence-electron chi connectivity index (χ1n) is 6.55. The van der Waals surface area contributed by atoms with Crippen molar-refractivity contribution in [2.24, 2.45) is 0 Å². The third-order valence-electron chi connectivity index (χ3n) is 3.23. The van der Waals surface area contributed by atoms with Crippen molar-refractivity contribution in [3.05, 3.63) is 71.4 Å². The van der Waals surface area contributed by atoms with Crippen molar-refractivity contribution < 1.29 is 0 Å². The fourth-order valence-corrected chi connectivity index (χ4v) is 2.40. The molecule has 0 aliphatic carbocycles. The van der Waals surface area contributed by atoms with Gasteiger partial charge in [-0.15, -0.1) is 0 Å². The van der Waals surface area contributed by atoms with E-state index in [1.54, 1.807) is 6.20 Å². The average molecular weight is 294 g/mol. The SMILES string of the molecule is N#CCc1cnn(-c2ccccc2)c1-c1ccc(Cl)cc1. The van der Waals surface area contributed by atoms with Gasteiger partial charge < -0.3 is 0 Å². The van der Waals surface area contributed by atoms with E-state index in [4.69, 9.17) is 16.9 Å². The summed E-state index contributed by atoms with van der Waals surface area (Å²) in [5.41, 5.74) is 3.79. The number of nitriles is 1. The number of halogens is 1. The highest BCUT2D eigenvalue weighted by Gasteiger charge is 2.14. The van der Waals surface area contributed by atoms with E-state index in [1.165, 1.54) is 0 Å². The maximum atomic E-state index is 9.01. The first kappa shape index (κ1) is 13.4. The Bertz CT molecular complexity index is 783. The maximum Gasteiger partial charge on any atom is 0.0783 e. The average Bonchev–Trinajstić information content (AvgIpc) is 2.93. The molecule has 0 saturated carbocycles. The molecule has 3 aromatic rings. The largest absolute Gasteiger partial charge is 0.233 e. The van der Waals surface area contributed by atoms with Crippen molar-refractivity contribution >= 4 is 11.6 Å². The van der Waals surface area contributed by atoms with Crippen LogP contribution in [0.4, 0.5) is 0 Å². The lowest BCUT2D eigenvalue weighted by Gasteiger charge is -2.09. The van der Waals surface area contributed by atoms with Crippen LogP contribution in [0.2, 0.25) is 5.02 Å². The first-order chi connectivity index (χ1) is 10.3. The van der Waals surface area contributed by atoms with E-state index >= 15 is 0 Å². The third-order valence-corrected chi connectivity index (χ3v) is 3.48. The summed E-state index contributed by atoms with van der Waals surface area (Å²) in [6.07, 6.45) is 2.07. The minimum absolute atomic E-state index is 0.324. The van der Waals surface area contributed by atoms with Gasteiger partial charge in [-0.1, -0.05) is 41.9 Å². The summed E-state index contributed by atoms with van der Waals surface area (Å²) >= 11 is 5.96. The first-order valence-corrected chi connectivity index (χ1v) is 6.92. The van der Waals surface area contributed by atoms with Gasteiger partial charge in [0, 0.05) is 16.1 Å². The standard InChI is InChI=1S/C17H12ClN3/c18-15-8-6-13(7-9-15)17-14(10-11-19)12-20-21(17)16-4-2-1-3-5-16/h1-9,12H,10H2. The predicted molar refractivity (Wildman–Crippen MR) is 83.3 cm³/mol. The number of hydrogen-bond donors (Lipinski definition) is 0. The summed E-state index contributed by atoms with van der Waals surface area (Å²) in [5, 5.41) is 14.1. The Hall–Kier alpha value is -2.57. The number of benzene rings is 2. The molecule has 0 radical (unpaired) electrons. The number of nitrogens with zero attached hydrogens (tertiary/aromatic N) is 3. The molecule has 0 aliphatic rings. The Morgan fingerprint density at radius 3 is 2.43 bits per heavy atom. The lowest BCUT2D eigenvalue weighted by Crippen LogP contribution is -1.99. The smallest absolute Gasteiger partial charge is 0.0783 e. The van der Waals surface area contributed by atoms with E-state index in [1.807, 2.05) is 59.3 Å². The van der Waals surface area contributed by atoms with Crippen molar-refractivity contribution in [2.45, 2.75) is 6.42 Å². The third kappa shape index (κ3) is 2.67. The summed E-state index contributed by atoms with van der Waals surface area (Å²) in [4.78, 5) is 0. The van der Waals surface area contributed by atoms with Crippen molar-refractivity contribution in [1.82, 2.24) is 9.78 Å². The summed E-state index contributed by atoms with van der Waals surface area (Å²) in [7, 11) is 0. The monoisotopic (exact) mass is 293 g/mol. The number of aromatic nitrogens is 2. The van der Waals surface area contributed by atoms with Gasteiger partial charge in [0.15, 0.2) is 0 Å². The molecular formula is C17H12ClN3. The van der Waals surface area contributed by atoms with Crippen LogP contribution in [-0.4, -0.2) is 9.78 Å². The highest BCUT2D eigenvalue weighted by molar-refractivity contribution is 6.30. The fraction of sp³-hybridized carbons (Fsp3) is 0.0588. The Labute approximate surface area is 128 Å². The second-order valence-corrected chi connectivity index (χ2v) is 5.04. The van der Waals surface area contributed by atoms with Crippen molar-refractivity contribution in [3.8, 4) is 23.0 Å². The fourth-order valence-electron chi connectivity index (χ4n) is 2.28. The molecule has 0 saturated heterocycles. The molecule has 0 unspecified atom stereocenters. The van der Waals surface area contributed by atoms with E-state index in [0.29, 0.717) is 11.4 Å². The molecule has 0 aliphatic heterocycles. The van der Waals surface area contributed by atoms with Gasteiger partial charge in [-0.2, -0.15) is 10.4 Å². The van der Waals surface area contributed by atoms with E-state index in [0.717, 1.165) is 22.5 Å².